The highest BCUT2D eigenvalue weighted by Gasteiger charge is 1.99. The first-order chi connectivity index (χ1) is 9.65. The van der Waals surface area contributed by atoms with Crippen LogP contribution in [-0.2, 0) is 13.0 Å². The normalized spacial score (nSPS) is 12.1. The van der Waals surface area contributed by atoms with Gasteiger partial charge in [-0.3, -0.25) is 4.79 Å². The number of hydrogen-bond donors (Lipinski definition) is 1. The van der Waals surface area contributed by atoms with Crippen LogP contribution in [0.25, 0.3) is 0 Å². The summed E-state index contributed by atoms with van der Waals surface area (Å²) < 4.78 is 7.26. The molecule has 0 saturated heterocycles. The molecule has 1 aromatic carbocycles. The summed E-state index contributed by atoms with van der Waals surface area (Å²) in [5.41, 5.74) is 6.95. The fraction of sp³-hybridized carbons (Fsp3) is 0.312. The molecule has 1 unspecified atom stereocenters. The summed E-state index contributed by atoms with van der Waals surface area (Å²) in [4.78, 5) is 11.5. The predicted octanol–water partition coefficient (Wildman–Crippen LogP) is 1.82. The van der Waals surface area contributed by atoms with Crippen molar-refractivity contribution in [1.82, 2.24) is 4.57 Å². The maximum atomic E-state index is 11.5. The van der Waals surface area contributed by atoms with Crippen molar-refractivity contribution in [3.8, 4) is 5.75 Å². The monoisotopic (exact) mass is 272 g/mol. The van der Waals surface area contributed by atoms with Gasteiger partial charge < -0.3 is 15.0 Å². The highest BCUT2D eigenvalue weighted by Crippen LogP contribution is 2.13. The highest BCUT2D eigenvalue weighted by atomic mass is 16.5. The van der Waals surface area contributed by atoms with Crippen molar-refractivity contribution in [2.24, 2.45) is 5.73 Å². The average molecular weight is 272 g/mol. The Hall–Kier alpha value is -2.07. The van der Waals surface area contributed by atoms with E-state index in [1.807, 2.05) is 37.3 Å². The van der Waals surface area contributed by atoms with E-state index in [4.69, 9.17) is 10.5 Å². The number of nitrogens with zero attached hydrogens (tertiary/aromatic N) is 1. The van der Waals surface area contributed by atoms with Crippen LogP contribution in [0.15, 0.2) is 53.5 Å². The van der Waals surface area contributed by atoms with Crippen molar-refractivity contribution in [1.29, 1.82) is 0 Å². The Balaban J connectivity index is 1.85. The molecule has 106 valence electrons. The zero-order valence-electron chi connectivity index (χ0n) is 11.7. The second-order valence-electron chi connectivity index (χ2n) is 4.91. The van der Waals surface area contributed by atoms with Gasteiger partial charge in [0.15, 0.2) is 0 Å². The van der Waals surface area contributed by atoms with E-state index < -0.39 is 0 Å². The minimum Gasteiger partial charge on any atom is -0.492 e. The molecule has 0 aliphatic heterocycles. The molecular formula is C16H20N2O2. The first kappa shape index (κ1) is 14.3. The Kier molecular flexibility index (Phi) is 4.96. The van der Waals surface area contributed by atoms with Crippen molar-refractivity contribution in [2.75, 3.05) is 6.61 Å². The van der Waals surface area contributed by atoms with Gasteiger partial charge in [-0.05, 0) is 37.1 Å². The molecule has 0 saturated carbocycles. The third kappa shape index (κ3) is 4.24. The molecule has 0 aliphatic carbocycles. The van der Waals surface area contributed by atoms with Gasteiger partial charge in [0.1, 0.15) is 12.4 Å². The molecule has 4 heteroatoms. The lowest BCUT2D eigenvalue weighted by Crippen LogP contribution is -2.21. The molecule has 2 aromatic rings. The molecule has 0 aliphatic rings. The van der Waals surface area contributed by atoms with Crippen molar-refractivity contribution < 1.29 is 4.74 Å². The molecule has 1 heterocycles. The Labute approximate surface area is 118 Å². The van der Waals surface area contributed by atoms with Gasteiger partial charge in [-0.15, -0.1) is 0 Å². The van der Waals surface area contributed by atoms with Crippen LogP contribution in [0.4, 0.5) is 0 Å². The van der Waals surface area contributed by atoms with E-state index in [9.17, 15) is 4.79 Å². The molecule has 0 spiro atoms. The summed E-state index contributed by atoms with van der Waals surface area (Å²) in [6.07, 6.45) is 2.62. The third-order valence-corrected chi connectivity index (χ3v) is 2.98. The number of pyridine rings is 1. The van der Waals surface area contributed by atoms with Crippen LogP contribution < -0.4 is 16.0 Å². The maximum absolute atomic E-state index is 11.5. The molecule has 0 bridgehead atoms. The molecule has 0 fully saturated rings. The molecular weight excluding hydrogens is 252 g/mol. The lowest BCUT2D eigenvalue weighted by molar-refractivity contribution is 0.296. The van der Waals surface area contributed by atoms with E-state index in [-0.39, 0.29) is 11.6 Å². The molecule has 1 aromatic heterocycles. The van der Waals surface area contributed by atoms with Gasteiger partial charge in [-0.1, -0.05) is 18.2 Å². The minimum absolute atomic E-state index is 0.0108. The van der Waals surface area contributed by atoms with Crippen molar-refractivity contribution in [2.45, 2.75) is 25.9 Å². The molecule has 1 atom stereocenters. The standard InChI is InChI=1S/C16H20N2O2/c1-13(17)12-14-5-7-15(8-6-14)20-11-10-18-9-3-2-4-16(18)19/h2-9,13H,10-12,17H2,1H3. The third-order valence-electron chi connectivity index (χ3n) is 2.98. The van der Waals surface area contributed by atoms with E-state index in [0.29, 0.717) is 13.2 Å². The van der Waals surface area contributed by atoms with E-state index in [0.717, 1.165) is 12.2 Å². The smallest absolute Gasteiger partial charge is 0.250 e. The van der Waals surface area contributed by atoms with Crippen LogP contribution in [-0.4, -0.2) is 17.2 Å². The summed E-state index contributed by atoms with van der Waals surface area (Å²) in [6, 6.07) is 13.2. The average Bonchev–Trinajstić information content (AvgIpc) is 2.42. The van der Waals surface area contributed by atoms with E-state index in [1.165, 1.54) is 5.56 Å². The van der Waals surface area contributed by atoms with E-state index in [1.54, 1.807) is 22.9 Å². The quantitative estimate of drug-likeness (QED) is 0.872. The predicted molar refractivity (Wildman–Crippen MR) is 80.0 cm³/mol. The highest BCUT2D eigenvalue weighted by molar-refractivity contribution is 5.27. The number of ether oxygens (including phenoxy) is 1. The molecule has 0 radical (unpaired) electrons. The topological polar surface area (TPSA) is 57.2 Å². The summed E-state index contributed by atoms with van der Waals surface area (Å²) in [5.74, 6) is 0.808. The van der Waals surface area contributed by atoms with Crippen LogP contribution in [0.2, 0.25) is 0 Å². The first-order valence-corrected chi connectivity index (χ1v) is 6.78. The van der Waals surface area contributed by atoms with Gasteiger partial charge in [-0.2, -0.15) is 0 Å². The van der Waals surface area contributed by atoms with Crippen LogP contribution in [0, 0.1) is 0 Å². The van der Waals surface area contributed by atoms with Crippen molar-refractivity contribution in [3.63, 3.8) is 0 Å². The largest absolute Gasteiger partial charge is 0.492 e. The fourth-order valence-corrected chi connectivity index (χ4v) is 2.00. The molecule has 4 nitrogen and oxygen atoms in total. The second-order valence-corrected chi connectivity index (χ2v) is 4.91. The molecule has 2 N–H and O–H groups in total. The molecule has 20 heavy (non-hydrogen) atoms. The van der Waals surface area contributed by atoms with Gasteiger partial charge in [0.25, 0.3) is 5.56 Å². The summed E-state index contributed by atoms with van der Waals surface area (Å²) in [5, 5.41) is 0. The van der Waals surface area contributed by atoms with Crippen molar-refractivity contribution in [3.05, 3.63) is 64.6 Å². The van der Waals surface area contributed by atoms with Crippen LogP contribution in [0.1, 0.15) is 12.5 Å². The SMILES string of the molecule is CC(N)Cc1ccc(OCCn2ccccc2=O)cc1. The number of nitrogens with two attached hydrogens (primary N) is 1. The van der Waals surface area contributed by atoms with Gasteiger partial charge in [0.05, 0.1) is 6.54 Å². The van der Waals surface area contributed by atoms with Crippen molar-refractivity contribution >= 4 is 0 Å². The van der Waals surface area contributed by atoms with Gasteiger partial charge in [-0.25, -0.2) is 0 Å². The van der Waals surface area contributed by atoms with Gasteiger partial charge in [0, 0.05) is 18.3 Å². The second kappa shape index (κ2) is 6.91. The Morgan fingerprint density at radius 3 is 2.60 bits per heavy atom. The van der Waals surface area contributed by atoms with Crippen LogP contribution >= 0.6 is 0 Å². The maximum Gasteiger partial charge on any atom is 0.250 e. The zero-order chi connectivity index (χ0) is 14.4. The first-order valence-electron chi connectivity index (χ1n) is 6.78. The van der Waals surface area contributed by atoms with Crippen LogP contribution in [0.3, 0.4) is 0 Å². The lowest BCUT2D eigenvalue weighted by atomic mass is 10.1. The Morgan fingerprint density at radius 1 is 1.20 bits per heavy atom. The minimum atomic E-state index is -0.0108. The lowest BCUT2D eigenvalue weighted by Gasteiger charge is -2.09. The van der Waals surface area contributed by atoms with Gasteiger partial charge >= 0.3 is 0 Å². The summed E-state index contributed by atoms with van der Waals surface area (Å²) in [7, 11) is 0. The Morgan fingerprint density at radius 2 is 1.95 bits per heavy atom. The van der Waals surface area contributed by atoms with Gasteiger partial charge in [0.2, 0.25) is 0 Å². The van der Waals surface area contributed by atoms with Crippen LogP contribution in [0.5, 0.6) is 5.75 Å². The zero-order valence-corrected chi connectivity index (χ0v) is 11.7. The Bertz CT molecular complexity index is 588. The van der Waals surface area contributed by atoms with E-state index in [2.05, 4.69) is 0 Å². The molecule has 2 rings (SSSR count). The fourth-order valence-electron chi connectivity index (χ4n) is 2.00. The molecule has 0 amide bonds. The summed E-state index contributed by atoms with van der Waals surface area (Å²) >= 11 is 0. The number of rotatable bonds is 6. The summed E-state index contributed by atoms with van der Waals surface area (Å²) in [6.45, 7) is 3.00. The number of hydrogen-bond acceptors (Lipinski definition) is 3. The number of benzene rings is 1. The van der Waals surface area contributed by atoms with E-state index >= 15 is 0 Å². The number of aromatic nitrogens is 1.